The molecule has 0 fully saturated rings. The SMILES string of the molecule is Cc1nc(CNCC(C)(C)CN(C)C)no1. The van der Waals surface area contributed by atoms with Gasteiger partial charge >= 0.3 is 0 Å². The first-order valence-electron chi connectivity index (χ1n) is 5.54. The molecule has 1 aromatic heterocycles. The Hall–Kier alpha value is -0.940. The van der Waals surface area contributed by atoms with Crippen LogP contribution in [-0.2, 0) is 6.54 Å². The Labute approximate surface area is 97.2 Å². The fourth-order valence-electron chi connectivity index (χ4n) is 1.84. The van der Waals surface area contributed by atoms with Crippen molar-refractivity contribution in [1.82, 2.24) is 20.4 Å². The number of nitrogens with one attached hydrogen (secondary N) is 1. The molecule has 0 atom stereocenters. The van der Waals surface area contributed by atoms with Crippen molar-refractivity contribution in [2.24, 2.45) is 5.41 Å². The molecule has 0 aromatic carbocycles. The molecule has 1 N–H and O–H groups in total. The molecular formula is C11H22N4O. The predicted molar refractivity (Wildman–Crippen MR) is 63.1 cm³/mol. The van der Waals surface area contributed by atoms with E-state index in [4.69, 9.17) is 4.52 Å². The lowest BCUT2D eigenvalue weighted by Gasteiger charge is -2.28. The van der Waals surface area contributed by atoms with Crippen LogP contribution in [0.3, 0.4) is 0 Å². The van der Waals surface area contributed by atoms with E-state index in [1.165, 1.54) is 0 Å². The zero-order chi connectivity index (χ0) is 12.2. The Morgan fingerprint density at radius 2 is 2.06 bits per heavy atom. The molecule has 0 bridgehead atoms. The maximum atomic E-state index is 4.90. The van der Waals surface area contributed by atoms with E-state index in [0.717, 1.165) is 18.9 Å². The van der Waals surface area contributed by atoms with Crippen LogP contribution in [-0.4, -0.2) is 42.2 Å². The van der Waals surface area contributed by atoms with Gasteiger partial charge in [-0.25, -0.2) is 0 Å². The first-order chi connectivity index (χ1) is 7.39. The average Bonchev–Trinajstić information content (AvgIpc) is 2.48. The van der Waals surface area contributed by atoms with E-state index < -0.39 is 0 Å². The third kappa shape index (κ3) is 4.72. The quantitative estimate of drug-likeness (QED) is 0.786. The van der Waals surface area contributed by atoms with E-state index >= 15 is 0 Å². The number of hydrogen-bond donors (Lipinski definition) is 1. The minimum atomic E-state index is 0.238. The molecule has 0 aliphatic rings. The van der Waals surface area contributed by atoms with Gasteiger partial charge in [-0.1, -0.05) is 19.0 Å². The minimum Gasteiger partial charge on any atom is -0.340 e. The number of rotatable bonds is 6. The number of aromatic nitrogens is 2. The van der Waals surface area contributed by atoms with Crippen molar-refractivity contribution in [2.45, 2.75) is 27.3 Å². The molecule has 0 radical (unpaired) electrons. The minimum absolute atomic E-state index is 0.238. The van der Waals surface area contributed by atoms with Gasteiger partial charge in [0.1, 0.15) is 0 Å². The first-order valence-corrected chi connectivity index (χ1v) is 5.54. The number of hydrogen-bond acceptors (Lipinski definition) is 5. The van der Waals surface area contributed by atoms with Crippen LogP contribution in [0.5, 0.6) is 0 Å². The van der Waals surface area contributed by atoms with Crippen molar-refractivity contribution in [3.05, 3.63) is 11.7 Å². The molecular weight excluding hydrogens is 204 g/mol. The van der Waals surface area contributed by atoms with Crippen LogP contribution in [0.1, 0.15) is 25.6 Å². The fraction of sp³-hybridized carbons (Fsp3) is 0.818. The van der Waals surface area contributed by atoms with Crippen LogP contribution in [0.15, 0.2) is 4.52 Å². The Kier molecular flexibility index (Phi) is 4.44. The molecule has 0 saturated heterocycles. The van der Waals surface area contributed by atoms with Gasteiger partial charge in [0.15, 0.2) is 5.82 Å². The van der Waals surface area contributed by atoms with Gasteiger partial charge in [-0.05, 0) is 19.5 Å². The lowest BCUT2D eigenvalue weighted by molar-refractivity contribution is 0.231. The summed E-state index contributed by atoms with van der Waals surface area (Å²) < 4.78 is 4.90. The molecule has 0 spiro atoms. The van der Waals surface area contributed by atoms with Crippen LogP contribution >= 0.6 is 0 Å². The second kappa shape index (κ2) is 5.41. The number of aryl methyl sites for hydroxylation is 1. The summed E-state index contributed by atoms with van der Waals surface area (Å²) in [5.41, 5.74) is 0.238. The number of nitrogens with zero attached hydrogens (tertiary/aromatic N) is 3. The van der Waals surface area contributed by atoms with Gasteiger partial charge in [-0.2, -0.15) is 4.98 Å². The molecule has 0 aliphatic carbocycles. The highest BCUT2D eigenvalue weighted by Gasteiger charge is 2.18. The largest absolute Gasteiger partial charge is 0.340 e. The molecule has 1 heterocycles. The van der Waals surface area contributed by atoms with Gasteiger partial charge in [0.25, 0.3) is 0 Å². The second-order valence-corrected chi connectivity index (χ2v) is 5.24. The van der Waals surface area contributed by atoms with Gasteiger partial charge in [0.05, 0.1) is 6.54 Å². The van der Waals surface area contributed by atoms with Gasteiger partial charge in [0, 0.05) is 20.0 Å². The van der Waals surface area contributed by atoms with Crippen LogP contribution in [0.25, 0.3) is 0 Å². The Morgan fingerprint density at radius 3 is 2.56 bits per heavy atom. The van der Waals surface area contributed by atoms with Crippen LogP contribution in [0.2, 0.25) is 0 Å². The summed E-state index contributed by atoms with van der Waals surface area (Å²) in [6.07, 6.45) is 0. The maximum Gasteiger partial charge on any atom is 0.223 e. The van der Waals surface area contributed by atoms with Crippen molar-refractivity contribution in [3.63, 3.8) is 0 Å². The lowest BCUT2D eigenvalue weighted by Crippen LogP contribution is -2.37. The highest BCUT2D eigenvalue weighted by molar-refractivity contribution is 4.84. The van der Waals surface area contributed by atoms with Gasteiger partial charge in [-0.15, -0.1) is 0 Å². The van der Waals surface area contributed by atoms with Crippen molar-refractivity contribution in [2.75, 3.05) is 27.2 Å². The van der Waals surface area contributed by atoms with E-state index in [1.54, 1.807) is 6.92 Å². The lowest BCUT2D eigenvalue weighted by atomic mass is 9.93. The van der Waals surface area contributed by atoms with E-state index in [1.807, 2.05) is 0 Å². The van der Waals surface area contributed by atoms with E-state index in [2.05, 4.69) is 48.3 Å². The molecule has 5 heteroatoms. The van der Waals surface area contributed by atoms with Crippen molar-refractivity contribution < 1.29 is 4.52 Å². The predicted octanol–water partition coefficient (Wildman–Crippen LogP) is 1.06. The summed E-state index contributed by atoms with van der Waals surface area (Å²) >= 11 is 0. The topological polar surface area (TPSA) is 54.2 Å². The van der Waals surface area contributed by atoms with E-state index in [-0.39, 0.29) is 5.41 Å². The average molecular weight is 226 g/mol. The van der Waals surface area contributed by atoms with E-state index in [9.17, 15) is 0 Å². The molecule has 0 amide bonds. The van der Waals surface area contributed by atoms with E-state index in [0.29, 0.717) is 12.4 Å². The zero-order valence-electron chi connectivity index (χ0n) is 10.9. The zero-order valence-corrected chi connectivity index (χ0v) is 10.9. The van der Waals surface area contributed by atoms with Crippen LogP contribution in [0, 0.1) is 12.3 Å². The van der Waals surface area contributed by atoms with Gasteiger partial charge in [-0.3, -0.25) is 0 Å². The molecule has 0 aliphatic heterocycles. The molecule has 1 aromatic rings. The second-order valence-electron chi connectivity index (χ2n) is 5.24. The Balaban J connectivity index is 2.29. The Bertz CT molecular complexity index is 320. The molecule has 0 saturated carbocycles. The summed E-state index contributed by atoms with van der Waals surface area (Å²) in [5, 5.41) is 7.19. The third-order valence-corrected chi connectivity index (χ3v) is 2.20. The van der Waals surface area contributed by atoms with Gasteiger partial charge < -0.3 is 14.7 Å². The van der Waals surface area contributed by atoms with Crippen molar-refractivity contribution >= 4 is 0 Å². The molecule has 5 nitrogen and oxygen atoms in total. The molecule has 92 valence electrons. The highest BCUT2D eigenvalue weighted by atomic mass is 16.5. The summed E-state index contributed by atoms with van der Waals surface area (Å²) in [6, 6.07) is 0. The fourth-order valence-corrected chi connectivity index (χ4v) is 1.84. The first kappa shape index (κ1) is 13.1. The summed E-state index contributed by atoms with van der Waals surface area (Å²) in [5.74, 6) is 1.34. The molecule has 0 unspecified atom stereocenters. The normalized spacial score (nSPS) is 12.4. The maximum absolute atomic E-state index is 4.90. The van der Waals surface area contributed by atoms with Crippen molar-refractivity contribution in [3.8, 4) is 0 Å². The summed E-state index contributed by atoms with van der Waals surface area (Å²) in [7, 11) is 4.18. The molecule has 16 heavy (non-hydrogen) atoms. The highest BCUT2D eigenvalue weighted by Crippen LogP contribution is 2.14. The Morgan fingerprint density at radius 1 is 1.38 bits per heavy atom. The smallest absolute Gasteiger partial charge is 0.223 e. The van der Waals surface area contributed by atoms with Crippen LogP contribution in [0.4, 0.5) is 0 Å². The standard InChI is InChI=1S/C11H22N4O/c1-9-13-10(14-16-9)6-12-7-11(2,3)8-15(4)5/h12H,6-8H2,1-5H3. The third-order valence-electron chi connectivity index (χ3n) is 2.20. The summed E-state index contributed by atoms with van der Waals surface area (Å²) in [6.45, 7) is 8.91. The van der Waals surface area contributed by atoms with Gasteiger partial charge in [0.2, 0.25) is 5.89 Å². The van der Waals surface area contributed by atoms with Crippen molar-refractivity contribution in [1.29, 1.82) is 0 Å². The monoisotopic (exact) mass is 226 g/mol. The summed E-state index contributed by atoms with van der Waals surface area (Å²) in [4.78, 5) is 6.34. The molecule has 1 rings (SSSR count). The van der Waals surface area contributed by atoms with Crippen LogP contribution < -0.4 is 5.32 Å².